The van der Waals surface area contributed by atoms with Crippen molar-refractivity contribution in [3.8, 4) is 16.9 Å². The molecule has 0 bridgehead atoms. The SMILES string of the molecule is C=CC(F)Oc1ccc(C(=O)Nc2cc3cc(-c4cnn(C)c4)ccc3cn2)cc1. The van der Waals surface area contributed by atoms with Crippen molar-refractivity contribution in [1.29, 1.82) is 0 Å². The smallest absolute Gasteiger partial charge is 0.257 e. The number of ether oxygens (including phenoxy) is 1. The van der Waals surface area contributed by atoms with Crippen LogP contribution >= 0.6 is 0 Å². The van der Waals surface area contributed by atoms with Crippen LogP contribution in [0.3, 0.4) is 0 Å². The molecule has 1 N–H and O–H groups in total. The number of rotatable bonds is 6. The minimum absolute atomic E-state index is 0.311. The molecule has 0 radical (unpaired) electrons. The van der Waals surface area contributed by atoms with Crippen molar-refractivity contribution in [2.24, 2.45) is 7.05 Å². The normalized spacial score (nSPS) is 11.8. The Hall–Kier alpha value is -4.00. The zero-order valence-corrected chi connectivity index (χ0v) is 16.2. The number of hydrogen-bond acceptors (Lipinski definition) is 4. The molecule has 0 fully saturated rings. The van der Waals surface area contributed by atoms with E-state index >= 15 is 0 Å². The first-order valence-corrected chi connectivity index (χ1v) is 9.25. The standard InChI is InChI=1S/C23H19FN4O2/c1-3-21(24)30-20-8-6-15(7-9-20)23(29)27-22-11-18-10-16(4-5-17(18)12-25-22)19-13-26-28(2)14-19/h3-14,21H,1H2,2H3,(H,25,27,29). The van der Waals surface area contributed by atoms with E-state index in [2.05, 4.69) is 22.0 Å². The topological polar surface area (TPSA) is 69.0 Å². The van der Waals surface area contributed by atoms with Crippen molar-refractivity contribution in [3.63, 3.8) is 0 Å². The zero-order chi connectivity index (χ0) is 21.1. The van der Waals surface area contributed by atoms with Crippen LogP contribution in [0.4, 0.5) is 10.2 Å². The van der Waals surface area contributed by atoms with E-state index in [1.807, 2.05) is 37.5 Å². The van der Waals surface area contributed by atoms with Crippen molar-refractivity contribution >= 4 is 22.5 Å². The number of nitrogens with zero attached hydrogens (tertiary/aromatic N) is 3. The van der Waals surface area contributed by atoms with Crippen LogP contribution in [0.25, 0.3) is 21.9 Å². The van der Waals surface area contributed by atoms with Gasteiger partial charge in [-0.2, -0.15) is 9.49 Å². The molecular weight excluding hydrogens is 383 g/mol. The number of benzene rings is 2. The number of hydrogen-bond donors (Lipinski definition) is 1. The second kappa shape index (κ2) is 8.16. The number of alkyl halides is 1. The molecule has 2 aromatic carbocycles. The van der Waals surface area contributed by atoms with Gasteiger partial charge in [-0.15, -0.1) is 0 Å². The number of nitrogens with one attached hydrogen (secondary N) is 1. The first-order valence-electron chi connectivity index (χ1n) is 9.25. The second-order valence-electron chi connectivity index (χ2n) is 6.72. The zero-order valence-electron chi connectivity index (χ0n) is 16.2. The van der Waals surface area contributed by atoms with E-state index in [9.17, 15) is 9.18 Å². The Kier molecular flexibility index (Phi) is 5.26. The largest absolute Gasteiger partial charge is 0.457 e. The van der Waals surface area contributed by atoms with Gasteiger partial charge >= 0.3 is 0 Å². The van der Waals surface area contributed by atoms with Crippen LogP contribution in [0.5, 0.6) is 5.75 Å². The summed E-state index contributed by atoms with van der Waals surface area (Å²) < 4.78 is 19.9. The third-order valence-electron chi connectivity index (χ3n) is 4.55. The molecule has 0 aliphatic rings. The van der Waals surface area contributed by atoms with Crippen molar-refractivity contribution < 1.29 is 13.9 Å². The van der Waals surface area contributed by atoms with Gasteiger partial charge in [-0.25, -0.2) is 4.98 Å². The van der Waals surface area contributed by atoms with Crippen molar-refractivity contribution in [3.05, 3.63) is 85.3 Å². The van der Waals surface area contributed by atoms with Crippen LogP contribution in [-0.4, -0.2) is 27.0 Å². The predicted molar refractivity (Wildman–Crippen MR) is 114 cm³/mol. The Morgan fingerprint density at radius 2 is 1.93 bits per heavy atom. The van der Waals surface area contributed by atoms with Crippen molar-refractivity contribution in [2.75, 3.05) is 5.32 Å². The highest BCUT2D eigenvalue weighted by Gasteiger charge is 2.10. The summed E-state index contributed by atoms with van der Waals surface area (Å²) in [7, 11) is 1.87. The Morgan fingerprint density at radius 3 is 2.63 bits per heavy atom. The van der Waals surface area contributed by atoms with E-state index in [1.165, 1.54) is 12.1 Å². The lowest BCUT2D eigenvalue weighted by Crippen LogP contribution is -2.13. The minimum Gasteiger partial charge on any atom is -0.457 e. The quantitative estimate of drug-likeness (QED) is 0.473. The fourth-order valence-electron chi connectivity index (χ4n) is 3.01. The highest BCUT2D eigenvalue weighted by molar-refractivity contribution is 6.04. The van der Waals surface area contributed by atoms with E-state index < -0.39 is 6.36 Å². The molecule has 0 aliphatic heterocycles. The van der Waals surface area contributed by atoms with Gasteiger partial charge in [-0.3, -0.25) is 9.48 Å². The van der Waals surface area contributed by atoms with Gasteiger partial charge in [0.15, 0.2) is 0 Å². The molecule has 0 aliphatic carbocycles. The van der Waals surface area contributed by atoms with Crippen molar-refractivity contribution in [2.45, 2.75) is 6.36 Å². The van der Waals surface area contributed by atoms with Gasteiger partial charge in [0.2, 0.25) is 0 Å². The molecule has 1 unspecified atom stereocenters. The van der Waals surface area contributed by atoms with E-state index in [-0.39, 0.29) is 5.91 Å². The van der Waals surface area contributed by atoms with Crippen LogP contribution < -0.4 is 10.1 Å². The summed E-state index contributed by atoms with van der Waals surface area (Å²) in [6, 6.07) is 14.0. The highest BCUT2D eigenvalue weighted by Crippen LogP contribution is 2.25. The number of amides is 1. The number of anilines is 1. The molecule has 4 rings (SSSR count). The average molecular weight is 402 g/mol. The average Bonchev–Trinajstić information content (AvgIpc) is 3.20. The van der Waals surface area contributed by atoms with Gasteiger partial charge in [0, 0.05) is 36.0 Å². The lowest BCUT2D eigenvalue weighted by atomic mass is 10.1. The lowest BCUT2D eigenvalue weighted by molar-refractivity contribution is 0.102. The molecule has 1 amide bonds. The Balaban J connectivity index is 1.52. The number of fused-ring (bicyclic) bond motifs is 1. The fraction of sp³-hybridized carbons (Fsp3) is 0.0870. The summed E-state index contributed by atoms with van der Waals surface area (Å²) in [5.74, 6) is 0.426. The van der Waals surface area contributed by atoms with E-state index in [1.54, 1.807) is 29.2 Å². The Morgan fingerprint density at radius 1 is 1.13 bits per heavy atom. The maximum atomic E-state index is 13.2. The van der Waals surface area contributed by atoms with E-state index in [4.69, 9.17) is 4.74 Å². The first kappa shape index (κ1) is 19.3. The number of pyridine rings is 1. The summed E-state index contributed by atoms with van der Waals surface area (Å²) in [4.78, 5) is 16.9. The van der Waals surface area contributed by atoms with Crippen LogP contribution in [0.2, 0.25) is 0 Å². The highest BCUT2D eigenvalue weighted by atomic mass is 19.1. The van der Waals surface area contributed by atoms with E-state index in [0.29, 0.717) is 17.1 Å². The molecule has 150 valence electrons. The molecule has 7 heteroatoms. The molecule has 0 spiro atoms. The van der Waals surface area contributed by atoms with Crippen molar-refractivity contribution in [1.82, 2.24) is 14.8 Å². The fourth-order valence-corrected chi connectivity index (χ4v) is 3.01. The summed E-state index contributed by atoms with van der Waals surface area (Å²) in [5, 5.41) is 8.90. The van der Waals surface area contributed by atoms with Gasteiger partial charge in [-0.1, -0.05) is 18.7 Å². The van der Waals surface area contributed by atoms with E-state index in [0.717, 1.165) is 28.0 Å². The second-order valence-corrected chi connectivity index (χ2v) is 6.72. The van der Waals surface area contributed by atoms with Gasteiger partial charge in [0.1, 0.15) is 11.6 Å². The Bertz CT molecular complexity index is 1220. The number of aryl methyl sites for hydroxylation is 1. The molecule has 30 heavy (non-hydrogen) atoms. The molecule has 6 nitrogen and oxygen atoms in total. The summed E-state index contributed by atoms with van der Waals surface area (Å²) in [5.41, 5.74) is 2.44. The predicted octanol–water partition coefficient (Wildman–Crippen LogP) is 4.75. The van der Waals surface area contributed by atoms with Gasteiger partial charge in [0.25, 0.3) is 12.3 Å². The van der Waals surface area contributed by atoms with Crippen LogP contribution in [0.1, 0.15) is 10.4 Å². The molecule has 0 saturated heterocycles. The third kappa shape index (κ3) is 4.20. The molecular formula is C23H19FN4O2. The number of halogens is 1. The van der Waals surface area contributed by atoms with Crippen LogP contribution in [0, 0.1) is 0 Å². The summed E-state index contributed by atoms with van der Waals surface area (Å²) in [6.45, 7) is 3.32. The minimum atomic E-state index is -1.59. The van der Waals surface area contributed by atoms with Crippen LogP contribution in [0.15, 0.2) is 79.8 Å². The monoisotopic (exact) mass is 402 g/mol. The number of carbonyl (C=O) groups is 1. The van der Waals surface area contributed by atoms with Crippen LogP contribution in [-0.2, 0) is 7.05 Å². The maximum absolute atomic E-state index is 13.2. The molecule has 0 saturated carbocycles. The molecule has 1 atom stereocenters. The maximum Gasteiger partial charge on any atom is 0.257 e. The molecule has 2 heterocycles. The number of carbonyl (C=O) groups excluding carboxylic acids is 1. The lowest BCUT2D eigenvalue weighted by Gasteiger charge is -2.09. The summed E-state index contributed by atoms with van der Waals surface area (Å²) >= 11 is 0. The van der Waals surface area contributed by atoms with Gasteiger partial charge < -0.3 is 10.1 Å². The van der Waals surface area contributed by atoms with Gasteiger partial charge in [0.05, 0.1) is 6.20 Å². The number of aromatic nitrogens is 3. The third-order valence-corrected chi connectivity index (χ3v) is 4.55. The van der Waals surface area contributed by atoms with Gasteiger partial charge in [-0.05, 0) is 53.4 Å². The Labute approximate surface area is 172 Å². The first-order chi connectivity index (χ1) is 14.5. The summed E-state index contributed by atoms with van der Waals surface area (Å²) in [6.07, 6.45) is 4.91. The molecule has 4 aromatic rings. The molecule has 2 aromatic heterocycles.